The smallest absolute Gasteiger partial charge is 0.249 e. The van der Waals surface area contributed by atoms with Gasteiger partial charge in [-0.25, -0.2) is 0 Å². The van der Waals surface area contributed by atoms with Crippen LogP contribution in [0.1, 0.15) is 19.8 Å². The van der Waals surface area contributed by atoms with Gasteiger partial charge in [-0.15, -0.1) is 0 Å². The number of aliphatic hydroxyl groups is 3. The van der Waals surface area contributed by atoms with Crippen molar-refractivity contribution in [3.63, 3.8) is 0 Å². The molecule has 0 saturated carbocycles. The molecule has 1 aliphatic carbocycles. The Bertz CT molecular complexity index is 370. The van der Waals surface area contributed by atoms with Gasteiger partial charge in [0.1, 0.15) is 12.2 Å². The van der Waals surface area contributed by atoms with E-state index in [9.17, 15) is 20.1 Å². The van der Waals surface area contributed by atoms with E-state index in [1.165, 1.54) is 6.08 Å². The third-order valence-corrected chi connectivity index (χ3v) is 3.66. The minimum absolute atomic E-state index is 0.0305. The van der Waals surface area contributed by atoms with Gasteiger partial charge in [-0.05, 0) is 19.4 Å². The Hall–Kier alpha value is -0.950. The van der Waals surface area contributed by atoms with E-state index in [-0.39, 0.29) is 18.4 Å². The SMILES string of the molecule is CC1COCCCN1C(=O)C1=C[C@@H](O)[C@@H](O)[C@H](O)C1. The van der Waals surface area contributed by atoms with Gasteiger partial charge in [0, 0.05) is 25.1 Å². The first-order chi connectivity index (χ1) is 9.00. The van der Waals surface area contributed by atoms with Crippen molar-refractivity contribution in [2.45, 2.75) is 44.1 Å². The van der Waals surface area contributed by atoms with Gasteiger partial charge in [-0.2, -0.15) is 0 Å². The monoisotopic (exact) mass is 271 g/mol. The number of aliphatic hydroxyl groups excluding tert-OH is 3. The molecule has 1 fully saturated rings. The third-order valence-electron chi connectivity index (χ3n) is 3.66. The van der Waals surface area contributed by atoms with E-state index in [0.29, 0.717) is 25.3 Å². The Labute approximate surface area is 112 Å². The molecule has 1 unspecified atom stereocenters. The van der Waals surface area contributed by atoms with Crippen LogP contribution < -0.4 is 0 Å². The van der Waals surface area contributed by atoms with Crippen LogP contribution in [0.4, 0.5) is 0 Å². The number of ether oxygens (including phenoxy) is 1. The maximum Gasteiger partial charge on any atom is 0.249 e. The lowest BCUT2D eigenvalue weighted by atomic mass is 9.91. The van der Waals surface area contributed by atoms with Crippen molar-refractivity contribution < 1.29 is 24.9 Å². The van der Waals surface area contributed by atoms with Gasteiger partial charge < -0.3 is 25.0 Å². The molecule has 0 aromatic carbocycles. The highest BCUT2D eigenvalue weighted by Crippen LogP contribution is 2.22. The molecule has 6 nitrogen and oxygen atoms in total. The van der Waals surface area contributed by atoms with Gasteiger partial charge in [-0.1, -0.05) is 0 Å². The molecule has 0 radical (unpaired) electrons. The van der Waals surface area contributed by atoms with Crippen LogP contribution in [0.25, 0.3) is 0 Å². The molecule has 4 atom stereocenters. The van der Waals surface area contributed by atoms with Crippen molar-refractivity contribution in [2.75, 3.05) is 19.8 Å². The summed E-state index contributed by atoms with van der Waals surface area (Å²) < 4.78 is 5.38. The number of hydrogen-bond donors (Lipinski definition) is 3. The highest BCUT2D eigenvalue weighted by Gasteiger charge is 2.34. The summed E-state index contributed by atoms with van der Waals surface area (Å²) >= 11 is 0. The lowest BCUT2D eigenvalue weighted by molar-refractivity contribution is -0.130. The summed E-state index contributed by atoms with van der Waals surface area (Å²) in [7, 11) is 0. The van der Waals surface area contributed by atoms with Crippen LogP contribution in [0.3, 0.4) is 0 Å². The van der Waals surface area contributed by atoms with Crippen LogP contribution in [-0.2, 0) is 9.53 Å². The van der Waals surface area contributed by atoms with E-state index in [0.717, 1.165) is 6.42 Å². The van der Waals surface area contributed by atoms with Crippen molar-refractivity contribution in [3.8, 4) is 0 Å². The molecule has 19 heavy (non-hydrogen) atoms. The van der Waals surface area contributed by atoms with Gasteiger partial charge >= 0.3 is 0 Å². The fourth-order valence-electron chi connectivity index (χ4n) is 2.49. The third kappa shape index (κ3) is 3.14. The second kappa shape index (κ2) is 6.00. The van der Waals surface area contributed by atoms with Gasteiger partial charge in [0.05, 0.1) is 18.8 Å². The molecule has 1 saturated heterocycles. The van der Waals surface area contributed by atoms with Gasteiger partial charge in [0.15, 0.2) is 0 Å². The van der Waals surface area contributed by atoms with Crippen molar-refractivity contribution in [1.29, 1.82) is 0 Å². The molecule has 108 valence electrons. The summed E-state index contributed by atoms with van der Waals surface area (Å²) in [6.07, 6.45) is -1.32. The molecule has 1 heterocycles. The summed E-state index contributed by atoms with van der Waals surface area (Å²) in [4.78, 5) is 14.1. The number of carbonyl (C=O) groups is 1. The molecule has 1 amide bonds. The van der Waals surface area contributed by atoms with Gasteiger partial charge in [0.25, 0.3) is 0 Å². The summed E-state index contributed by atoms with van der Waals surface area (Å²) in [6, 6.07) is -0.0305. The molecule has 3 N–H and O–H groups in total. The second-order valence-electron chi connectivity index (χ2n) is 5.22. The molecule has 0 spiro atoms. The van der Waals surface area contributed by atoms with Crippen molar-refractivity contribution in [2.24, 2.45) is 0 Å². The standard InChI is InChI=1S/C13H21NO5/c1-8-7-19-4-2-3-14(8)13(18)9-5-10(15)12(17)11(16)6-9/h5,8,10-12,15-17H,2-4,6-7H2,1H3/t8?,10-,11-,12-/m1/s1. The molecule has 0 bridgehead atoms. The molecule has 2 rings (SSSR count). The zero-order valence-electron chi connectivity index (χ0n) is 11.0. The molecule has 0 aromatic rings. The minimum Gasteiger partial charge on any atom is -0.390 e. The first-order valence-corrected chi connectivity index (χ1v) is 6.64. The first kappa shape index (κ1) is 14.5. The fourth-order valence-corrected chi connectivity index (χ4v) is 2.49. The summed E-state index contributed by atoms with van der Waals surface area (Å²) in [5.74, 6) is -0.192. The number of nitrogens with zero attached hydrogens (tertiary/aromatic N) is 1. The Kier molecular flexibility index (Phi) is 4.57. The maximum atomic E-state index is 12.4. The topological polar surface area (TPSA) is 90.2 Å². The Morgan fingerprint density at radius 3 is 2.84 bits per heavy atom. The van der Waals surface area contributed by atoms with E-state index in [2.05, 4.69) is 0 Å². The second-order valence-corrected chi connectivity index (χ2v) is 5.22. The van der Waals surface area contributed by atoms with E-state index >= 15 is 0 Å². The number of amides is 1. The molecule has 2 aliphatic rings. The molecule has 6 heteroatoms. The van der Waals surface area contributed by atoms with Crippen LogP contribution in [0.15, 0.2) is 11.6 Å². The number of hydrogen-bond acceptors (Lipinski definition) is 5. The first-order valence-electron chi connectivity index (χ1n) is 6.64. The van der Waals surface area contributed by atoms with Crippen molar-refractivity contribution in [1.82, 2.24) is 4.90 Å². The van der Waals surface area contributed by atoms with E-state index in [1.807, 2.05) is 6.92 Å². The minimum atomic E-state index is -1.22. The van der Waals surface area contributed by atoms with E-state index in [4.69, 9.17) is 4.74 Å². The highest BCUT2D eigenvalue weighted by molar-refractivity contribution is 5.94. The Morgan fingerprint density at radius 1 is 1.42 bits per heavy atom. The predicted octanol–water partition coefficient (Wildman–Crippen LogP) is -0.963. The lowest BCUT2D eigenvalue weighted by Crippen LogP contribution is -2.46. The van der Waals surface area contributed by atoms with Crippen LogP contribution in [0.5, 0.6) is 0 Å². The van der Waals surface area contributed by atoms with E-state index < -0.39 is 18.3 Å². The van der Waals surface area contributed by atoms with Crippen LogP contribution in [0.2, 0.25) is 0 Å². The highest BCUT2D eigenvalue weighted by atomic mass is 16.5. The Morgan fingerprint density at radius 2 is 2.16 bits per heavy atom. The fraction of sp³-hybridized carbons (Fsp3) is 0.769. The molecule has 0 aromatic heterocycles. The normalized spacial score (nSPS) is 36.6. The molecular formula is C13H21NO5. The van der Waals surface area contributed by atoms with Gasteiger partial charge in [-0.3, -0.25) is 4.79 Å². The largest absolute Gasteiger partial charge is 0.390 e. The summed E-state index contributed by atoms with van der Waals surface area (Å²) in [5, 5.41) is 28.7. The van der Waals surface area contributed by atoms with E-state index in [1.54, 1.807) is 4.90 Å². The van der Waals surface area contributed by atoms with Crippen molar-refractivity contribution >= 4 is 5.91 Å². The quantitative estimate of drug-likeness (QED) is 0.571. The van der Waals surface area contributed by atoms with Crippen molar-refractivity contribution in [3.05, 3.63) is 11.6 Å². The molecular weight excluding hydrogens is 250 g/mol. The maximum absolute atomic E-state index is 12.4. The lowest BCUT2D eigenvalue weighted by Gasteiger charge is -2.32. The zero-order valence-corrected chi connectivity index (χ0v) is 11.0. The van der Waals surface area contributed by atoms with Crippen LogP contribution in [-0.4, -0.2) is 70.2 Å². The average molecular weight is 271 g/mol. The van der Waals surface area contributed by atoms with Crippen LogP contribution in [0, 0.1) is 0 Å². The predicted molar refractivity (Wildman–Crippen MR) is 67.3 cm³/mol. The number of carbonyl (C=O) groups excluding carboxylic acids is 1. The zero-order chi connectivity index (χ0) is 14.0. The number of rotatable bonds is 1. The Balaban J connectivity index is 2.12. The molecule has 1 aliphatic heterocycles. The van der Waals surface area contributed by atoms with Gasteiger partial charge in [0.2, 0.25) is 5.91 Å². The average Bonchev–Trinajstić information content (AvgIpc) is 2.59. The van der Waals surface area contributed by atoms with Crippen LogP contribution >= 0.6 is 0 Å². The summed E-state index contributed by atoms with van der Waals surface area (Å²) in [5.41, 5.74) is 0.360. The summed E-state index contributed by atoms with van der Waals surface area (Å²) in [6.45, 7) is 3.64.